The van der Waals surface area contributed by atoms with Gasteiger partial charge in [-0.05, 0) is 54.5 Å². The van der Waals surface area contributed by atoms with E-state index in [1.165, 1.54) is 24.3 Å². The molecule has 128 valence electrons. The van der Waals surface area contributed by atoms with Crippen molar-refractivity contribution in [2.45, 2.75) is 29.9 Å². The average Bonchev–Trinajstić information content (AvgIpc) is 3.03. The lowest BCUT2D eigenvalue weighted by Crippen LogP contribution is -2.41. The van der Waals surface area contributed by atoms with Gasteiger partial charge in [0.05, 0.1) is 17.0 Å². The van der Waals surface area contributed by atoms with Crippen LogP contribution in [0.5, 0.6) is 0 Å². The maximum atomic E-state index is 12.5. The highest BCUT2D eigenvalue weighted by molar-refractivity contribution is 7.89. The minimum absolute atomic E-state index is 0.0315. The first-order valence-corrected chi connectivity index (χ1v) is 9.92. The van der Waals surface area contributed by atoms with Crippen molar-refractivity contribution in [3.63, 3.8) is 0 Å². The monoisotopic (exact) mass is 366 g/mol. The van der Waals surface area contributed by atoms with Crippen molar-refractivity contribution < 1.29 is 18.3 Å². The highest BCUT2D eigenvalue weighted by Crippen LogP contribution is 2.39. The molecule has 0 bridgehead atoms. The Morgan fingerprint density at radius 3 is 2.42 bits per heavy atom. The van der Waals surface area contributed by atoms with Crippen LogP contribution in [0.1, 0.15) is 34.1 Å². The largest absolute Gasteiger partial charge is 0.393 e. The summed E-state index contributed by atoms with van der Waals surface area (Å²) in [5, 5.41) is 19.5. The molecule has 1 saturated carbocycles. The summed E-state index contributed by atoms with van der Waals surface area (Å²) < 4.78 is 22.5. The predicted molar refractivity (Wildman–Crippen MR) is 91.1 cm³/mol. The van der Waals surface area contributed by atoms with Crippen molar-refractivity contribution in [3.8, 4) is 0 Å². The van der Waals surface area contributed by atoms with E-state index < -0.39 is 10.0 Å². The van der Waals surface area contributed by atoms with Crippen molar-refractivity contribution in [1.82, 2.24) is 5.32 Å². The van der Waals surface area contributed by atoms with E-state index in [1.54, 1.807) is 11.3 Å². The van der Waals surface area contributed by atoms with Crippen LogP contribution in [-0.4, -0.2) is 25.5 Å². The van der Waals surface area contributed by atoms with Gasteiger partial charge in [0.15, 0.2) is 0 Å². The van der Waals surface area contributed by atoms with E-state index in [0.29, 0.717) is 18.4 Å². The summed E-state index contributed by atoms with van der Waals surface area (Å²) in [5.41, 5.74) is 0.365. The Hall–Kier alpha value is -1.74. The molecule has 1 aliphatic carbocycles. The van der Waals surface area contributed by atoms with Crippen LogP contribution in [0.25, 0.3) is 0 Å². The van der Waals surface area contributed by atoms with Gasteiger partial charge in [-0.1, -0.05) is 6.07 Å². The Bertz CT molecular complexity index is 810. The lowest BCUT2D eigenvalue weighted by atomic mass is 9.76. The van der Waals surface area contributed by atoms with Gasteiger partial charge in [0.2, 0.25) is 10.0 Å². The predicted octanol–water partition coefficient (Wildman–Crippen LogP) is 1.64. The number of thiophene rings is 1. The molecule has 0 unspecified atom stereocenters. The number of benzene rings is 1. The molecule has 0 aliphatic heterocycles. The Labute approximate surface area is 144 Å². The molecule has 1 aromatic carbocycles. The smallest absolute Gasteiger partial charge is 0.251 e. The number of hydrogen-bond donors (Lipinski definition) is 3. The van der Waals surface area contributed by atoms with Crippen molar-refractivity contribution >= 4 is 27.3 Å². The molecule has 6 nitrogen and oxygen atoms in total. The van der Waals surface area contributed by atoms with Crippen LogP contribution in [0, 0.1) is 5.92 Å². The van der Waals surface area contributed by atoms with E-state index in [0.717, 1.165) is 4.88 Å². The molecule has 24 heavy (non-hydrogen) atoms. The van der Waals surface area contributed by atoms with E-state index in [4.69, 9.17) is 5.14 Å². The molecule has 1 fully saturated rings. The quantitative estimate of drug-likeness (QED) is 0.747. The summed E-state index contributed by atoms with van der Waals surface area (Å²) >= 11 is 1.56. The Morgan fingerprint density at radius 1 is 1.25 bits per heavy atom. The first-order valence-electron chi connectivity index (χ1n) is 7.50. The fraction of sp³-hybridized carbons (Fsp3) is 0.312. The molecule has 1 amide bonds. The maximum Gasteiger partial charge on any atom is 0.251 e. The number of nitrogens with one attached hydrogen (secondary N) is 1. The second-order valence-corrected chi connectivity index (χ2v) is 8.46. The van der Waals surface area contributed by atoms with E-state index in [1.807, 2.05) is 17.5 Å². The fourth-order valence-corrected chi connectivity index (χ4v) is 4.20. The number of nitrogens with two attached hydrogens (primary N) is 1. The molecule has 0 radical (unpaired) electrons. The lowest BCUT2D eigenvalue weighted by Gasteiger charge is -2.37. The molecule has 1 aromatic heterocycles. The van der Waals surface area contributed by atoms with E-state index in [2.05, 4.69) is 5.32 Å². The van der Waals surface area contributed by atoms with Gasteiger partial charge in [-0.2, -0.15) is 0 Å². The zero-order chi connectivity index (χ0) is 17.3. The fourth-order valence-electron chi connectivity index (χ4n) is 2.81. The molecule has 4 N–H and O–H groups in total. The third kappa shape index (κ3) is 3.67. The van der Waals surface area contributed by atoms with Crippen LogP contribution in [0.4, 0.5) is 0 Å². The Morgan fingerprint density at radius 2 is 1.92 bits per heavy atom. The van der Waals surface area contributed by atoms with Crippen LogP contribution in [0.2, 0.25) is 0 Å². The summed E-state index contributed by atoms with van der Waals surface area (Å²) in [7, 11) is -3.78. The van der Waals surface area contributed by atoms with Gasteiger partial charge in [-0.3, -0.25) is 4.79 Å². The summed E-state index contributed by atoms with van der Waals surface area (Å²) in [5.74, 6) is -0.0814. The topological polar surface area (TPSA) is 109 Å². The summed E-state index contributed by atoms with van der Waals surface area (Å²) in [6.07, 6.45) is 1.02. The first-order chi connectivity index (χ1) is 11.3. The number of primary sulfonamides is 1. The van der Waals surface area contributed by atoms with E-state index in [-0.39, 0.29) is 28.9 Å². The van der Waals surface area contributed by atoms with Gasteiger partial charge in [0, 0.05) is 10.4 Å². The summed E-state index contributed by atoms with van der Waals surface area (Å²) in [6, 6.07) is 9.25. The number of sulfonamides is 1. The van der Waals surface area contributed by atoms with Gasteiger partial charge >= 0.3 is 0 Å². The maximum absolute atomic E-state index is 12.5. The number of amides is 1. The summed E-state index contributed by atoms with van der Waals surface area (Å²) in [4.78, 5) is 13.5. The number of rotatable bonds is 5. The van der Waals surface area contributed by atoms with E-state index >= 15 is 0 Å². The Balaban J connectivity index is 1.76. The molecule has 1 atom stereocenters. The zero-order valence-corrected chi connectivity index (χ0v) is 14.4. The molecule has 1 heterocycles. The van der Waals surface area contributed by atoms with Crippen LogP contribution in [0.15, 0.2) is 46.7 Å². The molecular weight excluding hydrogens is 348 g/mol. The minimum atomic E-state index is -3.78. The molecule has 3 rings (SSSR count). The van der Waals surface area contributed by atoms with Gasteiger partial charge in [0.1, 0.15) is 0 Å². The van der Waals surface area contributed by atoms with Gasteiger partial charge in [0.25, 0.3) is 5.91 Å². The molecule has 2 aromatic rings. The Kier molecular flexibility index (Phi) is 4.73. The number of hydrogen-bond acceptors (Lipinski definition) is 5. The van der Waals surface area contributed by atoms with Crippen LogP contribution in [-0.2, 0) is 10.0 Å². The molecule has 1 aliphatic rings. The first kappa shape index (κ1) is 17.1. The number of aliphatic hydroxyl groups is 1. The third-order valence-corrected chi connectivity index (χ3v) is 6.09. The molecular formula is C16H18N2O4S2. The average molecular weight is 366 g/mol. The van der Waals surface area contributed by atoms with Crippen molar-refractivity contribution in [3.05, 3.63) is 52.2 Å². The number of carbonyl (C=O) groups excluding carboxylic acids is 1. The summed E-state index contributed by atoms with van der Waals surface area (Å²) in [6.45, 7) is 0. The molecule has 0 saturated heterocycles. The van der Waals surface area contributed by atoms with Gasteiger partial charge < -0.3 is 10.4 Å². The van der Waals surface area contributed by atoms with Crippen LogP contribution < -0.4 is 10.5 Å². The number of carbonyl (C=O) groups is 1. The SMILES string of the molecule is NS(=O)(=O)c1ccc(C(=O)N[C@H](c2cccs2)C2CC(O)C2)cc1. The van der Waals surface area contributed by atoms with Crippen molar-refractivity contribution in [1.29, 1.82) is 0 Å². The third-order valence-electron chi connectivity index (χ3n) is 4.20. The highest BCUT2D eigenvalue weighted by atomic mass is 32.2. The zero-order valence-electron chi connectivity index (χ0n) is 12.8. The second kappa shape index (κ2) is 6.64. The molecule has 8 heteroatoms. The number of aliphatic hydroxyl groups excluding tert-OH is 1. The second-order valence-electron chi connectivity index (χ2n) is 5.92. The lowest BCUT2D eigenvalue weighted by molar-refractivity contribution is 0.0241. The van der Waals surface area contributed by atoms with E-state index in [9.17, 15) is 18.3 Å². The highest BCUT2D eigenvalue weighted by Gasteiger charge is 2.36. The normalized spacial score (nSPS) is 21.8. The van der Waals surface area contributed by atoms with Gasteiger partial charge in [-0.15, -0.1) is 11.3 Å². The van der Waals surface area contributed by atoms with Crippen molar-refractivity contribution in [2.24, 2.45) is 11.1 Å². The minimum Gasteiger partial charge on any atom is -0.393 e. The van der Waals surface area contributed by atoms with Crippen LogP contribution >= 0.6 is 11.3 Å². The molecule has 0 spiro atoms. The standard InChI is InChI=1S/C16H18N2O4S2/c17-24(21,22)13-5-3-10(4-6-13)16(20)18-15(11-8-12(19)9-11)14-2-1-7-23-14/h1-7,11-12,15,19H,8-9H2,(H,18,20)(H2,17,21,22)/t11?,12?,15-/m0/s1. The van der Waals surface area contributed by atoms with Crippen molar-refractivity contribution in [2.75, 3.05) is 0 Å². The van der Waals surface area contributed by atoms with Gasteiger partial charge in [-0.25, -0.2) is 13.6 Å². The van der Waals surface area contributed by atoms with Crippen LogP contribution in [0.3, 0.4) is 0 Å².